The van der Waals surface area contributed by atoms with Gasteiger partial charge in [0.2, 0.25) is 12.7 Å². The maximum atomic E-state index is 13.4. The molecule has 172 valence electrons. The molecule has 4 amide bonds. The van der Waals surface area contributed by atoms with Crippen LogP contribution in [0.1, 0.15) is 12.0 Å². The summed E-state index contributed by atoms with van der Waals surface area (Å²) in [5.41, 5.74) is 1.86. The quantitative estimate of drug-likeness (QED) is 0.352. The Labute approximate surface area is 209 Å². The monoisotopic (exact) mass is 569 g/mol. The van der Waals surface area contributed by atoms with Gasteiger partial charge in [0, 0.05) is 15.8 Å². The summed E-state index contributed by atoms with van der Waals surface area (Å²) in [6.45, 7) is 0.287. The average Bonchev–Trinajstić information content (AvgIpc) is 3.39. The molecular formula is C25H20IN3O5. The molecule has 0 aromatic heterocycles. The van der Waals surface area contributed by atoms with E-state index in [4.69, 9.17) is 9.47 Å². The highest BCUT2D eigenvalue weighted by Crippen LogP contribution is 2.34. The lowest BCUT2D eigenvalue weighted by atomic mass is 10.1. The summed E-state index contributed by atoms with van der Waals surface area (Å²) in [5, 5.41) is 2.82. The van der Waals surface area contributed by atoms with Crippen molar-refractivity contribution >= 4 is 51.8 Å². The molecular weight excluding hydrogens is 549 g/mol. The molecule has 8 nitrogen and oxygen atoms in total. The van der Waals surface area contributed by atoms with Crippen molar-refractivity contribution in [1.29, 1.82) is 0 Å². The first-order valence-corrected chi connectivity index (χ1v) is 11.7. The number of nitrogens with one attached hydrogen (secondary N) is 1. The molecule has 5 rings (SSSR count). The lowest BCUT2D eigenvalue weighted by molar-refractivity contribution is -0.124. The van der Waals surface area contributed by atoms with Crippen LogP contribution in [0.15, 0.2) is 72.8 Å². The van der Waals surface area contributed by atoms with Gasteiger partial charge in [0.25, 0.3) is 5.91 Å². The van der Waals surface area contributed by atoms with Crippen LogP contribution < -0.4 is 19.7 Å². The molecule has 0 aliphatic carbocycles. The van der Waals surface area contributed by atoms with E-state index in [1.807, 2.05) is 24.3 Å². The van der Waals surface area contributed by atoms with Gasteiger partial charge in [-0.25, -0.2) is 9.69 Å². The maximum Gasteiger partial charge on any atom is 0.332 e. The molecule has 0 radical (unpaired) electrons. The molecule has 1 atom stereocenters. The highest BCUT2D eigenvalue weighted by molar-refractivity contribution is 14.1. The van der Waals surface area contributed by atoms with Crippen LogP contribution in [0.5, 0.6) is 11.5 Å². The summed E-state index contributed by atoms with van der Waals surface area (Å²) in [6, 6.07) is 20.0. The van der Waals surface area contributed by atoms with Crippen LogP contribution in [-0.2, 0) is 16.1 Å². The van der Waals surface area contributed by atoms with E-state index in [0.717, 1.165) is 14.0 Å². The fraction of sp³-hybridized carbons (Fsp3) is 0.160. The molecule has 1 fully saturated rings. The van der Waals surface area contributed by atoms with Crippen molar-refractivity contribution in [2.24, 2.45) is 0 Å². The minimum Gasteiger partial charge on any atom is -0.454 e. The second-order valence-electron chi connectivity index (χ2n) is 7.88. The number of anilines is 2. The minimum atomic E-state index is -0.943. The molecule has 2 aliphatic heterocycles. The zero-order valence-corrected chi connectivity index (χ0v) is 20.1. The molecule has 2 aliphatic rings. The van der Waals surface area contributed by atoms with Crippen LogP contribution >= 0.6 is 22.6 Å². The molecule has 0 unspecified atom stereocenters. The smallest absolute Gasteiger partial charge is 0.332 e. The van der Waals surface area contributed by atoms with Gasteiger partial charge in [0.15, 0.2) is 11.5 Å². The number of hydrogen-bond donors (Lipinski definition) is 1. The zero-order valence-electron chi connectivity index (χ0n) is 17.9. The van der Waals surface area contributed by atoms with Gasteiger partial charge >= 0.3 is 6.03 Å². The number of carbonyl (C=O) groups is 3. The van der Waals surface area contributed by atoms with Gasteiger partial charge in [-0.1, -0.05) is 24.3 Å². The van der Waals surface area contributed by atoms with Crippen molar-refractivity contribution in [1.82, 2.24) is 4.90 Å². The molecule has 1 N–H and O–H groups in total. The van der Waals surface area contributed by atoms with Crippen LogP contribution in [0.2, 0.25) is 0 Å². The van der Waals surface area contributed by atoms with Gasteiger partial charge in [-0.3, -0.25) is 9.59 Å². The van der Waals surface area contributed by atoms with Crippen molar-refractivity contribution < 1.29 is 23.9 Å². The van der Waals surface area contributed by atoms with Crippen LogP contribution in [-0.4, -0.2) is 35.6 Å². The van der Waals surface area contributed by atoms with E-state index in [9.17, 15) is 14.4 Å². The number of urea groups is 1. The third kappa shape index (κ3) is 4.43. The Balaban J connectivity index is 1.40. The first-order chi connectivity index (χ1) is 16.5. The van der Waals surface area contributed by atoms with Crippen molar-refractivity contribution in [3.8, 4) is 11.5 Å². The number of halogens is 1. The summed E-state index contributed by atoms with van der Waals surface area (Å²) >= 11 is 2.18. The Morgan fingerprint density at radius 2 is 1.71 bits per heavy atom. The Kier molecular flexibility index (Phi) is 6.10. The van der Waals surface area contributed by atoms with Gasteiger partial charge in [0.05, 0.1) is 12.1 Å². The van der Waals surface area contributed by atoms with Crippen molar-refractivity contribution in [2.75, 3.05) is 17.0 Å². The van der Waals surface area contributed by atoms with Gasteiger partial charge < -0.3 is 19.7 Å². The SMILES string of the molecule is O=C(C[C@H]1C(=O)N(c2ccccc2)C(=O)N1Cc1ccc2c(c1)OCO2)Nc1ccc(I)cc1. The van der Waals surface area contributed by atoms with Crippen LogP contribution in [0.4, 0.5) is 16.2 Å². The van der Waals surface area contributed by atoms with Crippen LogP contribution in [0, 0.1) is 3.57 Å². The molecule has 3 aromatic carbocycles. The summed E-state index contributed by atoms with van der Waals surface area (Å²) < 4.78 is 11.8. The summed E-state index contributed by atoms with van der Waals surface area (Å²) in [6.07, 6.45) is -0.162. The summed E-state index contributed by atoms with van der Waals surface area (Å²) in [7, 11) is 0. The molecule has 0 bridgehead atoms. The number of carbonyl (C=O) groups excluding carboxylic acids is 3. The van der Waals surface area contributed by atoms with Crippen molar-refractivity contribution in [2.45, 2.75) is 19.0 Å². The minimum absolute atomic E-state index is 0.142. The number of nitrogens with zero attached hydrogens (tertiary/aromatic N) is 2. The predicted octanol–water partition coefficient (Wildman–Crippen LogP) is 4.39. The number of benzene rings is 3. The molecule has 9 heteroatoms. The number of hydrogen-bond acceptors (Lipinski definition) is 5. The molecule has 1 saturated heterocycles. The van der Waals surface area contributed by atoms with Gasteiger partial charge in [-0.05, 0) is 76.7 Å². The Bertz CT molecular complexity index is 1250. The summed E-state index contributed by atoms with van der Waals surface area (Å²) in [4.78, 5) is 42.2. The van der Waals surface area contributed by atoms with Gasteiger partial charge in [-0.15, -0.1) is 0 Å². The standard InChI is InChI=1S/C25H20IN3O5/c26-17-7-9-18(10-8-17)27-23(30)13-20-24(31)29(19-4-2-1-3-5-19)25(32)28(20)14-16-6-11-21-22(12-16)34-15-33-21/h1-12,20H,13-15H2,(H,27,30)/t20-/m0/s1. The van der Waals surface area contributed by atoms with Crippen molar-refractivity contribution in [3.05, 3.63) is 81.9 Å². The first-order valence-electron chi connectivity index (χ1n) is 10.6. The highest BCUT2D eigenvalue weighted by Gasteiger charge is 2.46. The lowest BCUT2D eigenvalue weighted by Crippen LogP contribution is -2.37. The number of imide groups is 1. The van der Waals surface area contributed by atoms with E-state index in [-0.39, 0.29) is 25.7 Å². The topological polar surface area (TPSA) is 88.2 Å². The fourth-order valence-electron chi connectivity index (χ4n) is 3.99. The number of amides is 4. The average molecular weight is 569 g/mol. The lowest BCUT2D eigenvalue weighted by Gasteiger charge is -2.22. The van der Waals surface area contributed by atoms with Crippen molar-refractivity contribution in [3.63, 3.8) is 0 Å². The third-order valence-electron chi connectivity index (χ3n) is 5.63. The Morgan fingerprint density at radius 1 is 0.971 bits per heavy atom. The third-order valence-corrected chi connectivity index (χ3v) is 6.35. The molecule has 34 heavy (non-hydrogen) atoms. The number of rotatable bonds is 6. The van der Waals surface area contributed by atoms with E-state index >= 15 is 0 Å². The Hall–Kier alpha value is -3.60. The van der Waals surface area contributed by atoms with E-state index in [2.05, 4.69) is 27.9 Å². The molecule has 2 heterocycles. The largest absolute Gasteiger partial charge is 0.454 e. The van der Waals surface area contributed by atoms with E-state index in [1.54, 1.807) is 48.5 Å². The predicted molar refractivity (Wildman–Crippen MR) is 134 cm³/mol. The fourth-order valence-corrected chi connectivity index (χ4v) is 4.34. The van der Waals surface area contributed by atoms with E-state index in [1.165, 1.54) is 4.90 Å². The second-order valence-corrected chi connectivity index (χ2v) is 9.13. The number of ether oxygens (including phenoxy) is 2. The Morgan fingerprint density at radius 3 is 2.47 bits per heavy atom. The number of para-hydroxylation sites is 1. The van der Waals surface area contributed by atoms with Crippen LogP contribution in [0.3, 0.4) is 0 Å². The maximum absolute atomic E-state index is 13.4. The molecule has 0 saturated carbocycles. The summed E-state index contributed by atoms with van der Waals surface area (Å²) in [5.74, 6) is 0.433. The first kappa shape index (κ1) is 22.2. The second kappa shape index (κ2) is 9.34. The number of fused-ring (bicyclic) bond motifs is 1. The highest BCUT2D eigenvalue weighted by atomic mass is 127. The van der Waals surface area contributed by atoms with E-state index < -0.39 is 18.0 Å². The van der Waals surface area contributed by atoms with Gasteiger partial charge in [-0.2, -0.15) is 0 Å². The van der Waals surface area contributed by atoms with E-state index in [0.29, 0.717) is 22.9 Å². The molecule has 0 spiro atoms. The van der Waals surface area contributed by atoms with Gasteiger partial charge in [0.1, 0.15) is 6.04 Å². The molecule has 3 aromatic rings. The zero-order chi connectivity index (χ0) is 23.7. The van der Waals surface area contributed by atoms with Crippen LogP contribution in [0.25, 0.3) is 0 Å². The normalized spacial score (nSPS) is 16.8.